The van der Waals surface area contributed by atoms with Crippen LogP contribution >= 0.6 is 0 Å². The van der Waals surface area contributed by atoms with Crippen molar-refractivity contribution in [3.63, 3.8) is 0 Å². The average molecular weight is 879 g/mol. The third-order valence-corrected chi connectivity index (χ3v) is 20.7. The fourth-order valence-electron chi connectivity index (χ4n) is 9.85. The normalized spacial score (nSPS) is 13.3. The zero-order valence-corrected chi connectivity index (χ0v) is 39.3. The Hall–Kier alpha value is -3.87. The molecule has 3 heteroatoms. The summed E-state index contributed by atoms with van der Waals surface area (Å²) in [6.07, 6.45) is 8.35. The van der Waals surface area contributed by atoms with Gasteiger partial charge in [-0.05, 0) is 0 Å². The molecule has 294 valence electrons. The molecule has 8 rings (SSSR count). The van der Waals surface area contributed by atoms with Crippen LogP contribution in [0.15, 0.2) is 167 Å². The number of aryl methyl sites for hydroxylation is 2. The number of allylic oxidation sites excluding steroid dienone is 4. The predicted molar refractivity (Wildman–Crippen MR) is 237 cm³/mol. The number of hydrogen-bond acceptors (Lipinski definition) is 0. The molecule has 0 bridgehead atoms. The van der Waals surface area contributed by atoms with Gasteiger partial charge in [0.2, 0.25) is 0 Å². The molecule has 0 saturated carbocycles. The van der Waals surface area contributed by atoms with Crippen molar-refractivity contribution in [3.05, 3.63) is 223 Å². The Morgan fingerprint density at radius 1 is 0.517 bits per heavy atom. The van der Waals surface area contributed by atoms with Gasteiger partial charge in [-0.3, -0.25) is 0 Å². The minimum atomic E-state index is -3.10. The van der Waals surface area contributed by atoms with Gasteiger partial charge in [-0.15, -0.1) is 0 Å². The molecule has 0 aromatic heterocycles. The number of fused-ring (bicyclic) bond motifs is 3. The first-order valence-electron chi connectivity index (χ1n) is 20.5. The van der Waals surface area contributed by atoms with Crippen LogP contribution in [0, 0.1) is 13.8 Å². The van der Waals surface area contributed by atoms with E-state index in [9.17, 15) is 0 Å². The van der Waals surface area contributed by atoms with Gasteiger partial charge in [0, 0.05) is 0 Å². The summed E-state index contributed by atoms with van der Waals surface area (Å²) in [6.45, 7) is 19.0. The first-order valence-corrected chi connectivity index (χ1v) is 24.4. The van der Waals surface area contributed by atoms with Crippen LogP contribution in [0.3, 0.4) is 0 Å². The number of hydrogen-bond donors (Lipinski definition) is 0. The zero-order chi connectivity index (χ0) is 39.2. The molecule has 0 unspecified atom stereocenters. The fourth-order valence-corrected chi connectivity index (χ4v) is 19.9. The summed E-state index contributed by atoms with van der Waals surface area (Å²) in [4.78, 5) is 0. The summed E-state index contributed by atoms with van der Waals surface area (Å²) in [7, 11) is 0. The van der Waals surface area contributed by atoms with Gasteiger partial charge in [0.05, 0.1) is 0 Å². The molecule has 6 aromatic carbocycles. The molecular formula is C55H56Cl2Zr. The van der Waals surface area contributed by atoms with Crippen LogP contribution in [-0.4, -0.2) is 3.21 Å². The van der Waals surface area contributed by atoms with E-state index < -0.39 is 21.3 Å². The summed E-state index contributed by atoms with van der Waals surface area (Å²) in [5.74, 6) is 0.243. The van der Waals surface area contributed by atoms with Crippen LogP contribution in [0.4, 0.5) is 0 Å². The second-order valence-electron chi connectivity index (χ2n) is 18.1. The summed E-state index contributed by atoms with van der Waals surface area (Å²) >= 11 is -3.10. The van der Waals surface area contributed by atoms with E-state index in [-0.39, 0.29) is 47.5 Å². The molecule has 0 aliphatic heterocycles. The van der Waals surface area contributed by atoms with Gasteiger partial charge in [-0.25, -0.2) is 0 Å². The van der Waals surface area contributed by atoms with Gasteiger partial charge in [0.15, 0.2) is 0 Å². The van der Waals surface area contributed by atoms with Crippen LogP contribution in [0.2, 0.25) is 0 Å². The molecule has 6 aromatic rings. The van der Waals surface area contributed by atoms with Gasteiger partial charge >= 0.3 is 346 Å². The van der Waals surface area contributed by atoms with Crippen LogP contribution in [-0.2, 0) is 32.1 Å². The minimum absolute atomic E-state index is 0. The molecule has 0 N–H and O–H groups in total. The molecule has 0 saturated heterocycles. The molecule has 0 atom stereocenters. The first kappa shape index (κ1) is 43.7. The predicted octanol–water partition coefficient (Wildman–Crippen LogP) is 8.27. The minimum Gasteiger partial charge on any atom is -1.00 e. The van der Waals surface area contributed by atoms with E-state index in [4.69, 9.17) is 0 Å². The zero-order valence-electron chi connectivity index (χ0n) is 35.3. The molecule has 0 spiro atoms. The first-order chi connectivity index (χ1) is 26.9. The van der Waals surface area contributed by atoms with E-state index in [0.717, 1.165) is 6.42 Å². The quantitative estimate of drug-likeness (QED) is 0.145. The molecule has 0 amide bonds. The third kappa shape index (κ3) is 8.43. The third-order valence-electron chi connectivity index (χ3n) is 12.2. The SMILES string of the molecule is Cc1cc2c(cc1C(C)(C)C)-c1cc(C(C)(C)C)c(C)cc1[CH]2[Zr+2]([C]1=CC=CC1)=[C](C(c1ccccc1)c1ccccc1)C(c1ccccc1)c1ccccc1.[Cl-].[Cl-]. The van der Waals surface area contributed by atoms with E-state index >= 15 is 0 Å². The second kappa shape index (κ2) is 17.8. The van der Waals surface area contributed by atoms with Crippen molar-refractivity contribution < 1.29 is 46.1 Å². The maximum Gasteiger partial charge on any atom is -1.00 e. The summed E-state index contributed by atoms with van der Waals surface area (Å²) in [5.41, 5.74) is 17.4. The number of rotatable bonds is 8. The Morgan fingerprint density at radius 2 is 0.862 bits per heavy atom. The van der Waals surface area contributed by atoms with Crippen molar-refractivity contribution in [3.8, 4) is 11.1 Å². The smallest absolute Gasteiger partial charge is 1.00 e. The Morgan fingerprint density at radius 3 is 1.16 bits per heavy atom. The van der Waals surface area contributed by atoms with E-state index in [1.807, 2.05) is 0 Å². The maximum atomic E-state index is 2.63. The van der Waals surface area contributed by atoms with Crippen molar-refractivity contribution in [2.24, 2.45) is 0 Å². The largest absolute Gasteiger partial charge is 1.00 e. The molecule has 0 fully saturated rings. The van der Waals surface area contributed by atoms with Crippen LogP contribution < -0.4 is 24.8 Å². The molecule has 0 nitrogen and oxygen atoms in total. The number of halogens is 2. The fraction of sp³-hybridized carbons (Fsp3) is 0.255. The van der Waals surface area contributed by atoms with Gasteiger partial charge in [0.25, 0.3) is 0 Å². The number of benzene rings is 6. The topological polar surface area (TPSA) is 0 Å². The molecule has 58 heavy (non-hydrogen) atoms. The van der Waals surface area contributed by atoms with Crippen molar-refractivity contribution in [1.82, 2.24) is 0 Å². The van der Waals surface area contributed by atoms with E-state index in [1.165, 1.54) is 55.6 Å². The Kier molecular flexibility index (Phi) is 13.4. The van der Waals surface area contributed by atoms with Crippen LogP contribution in [0.25, 0.3) is 11.1 Å². The Balaban J connectivity index is 0.00000283. The summed E-state index contributed by atoms with van der Waals surface area (Å²) in [6, 6.07) is 56.3. The standard InChI is InChI=1S/C27H22.C23H29.C5H5.2ClH.Zr/c1-5-13-22(14-6-1)26(23-15-7-2-8-16-23)21-27(24-17-9-3-10-18-24)25-19-11-4-12-20-25;1-14-9-16-11-17-10-15(2)21(23(6,7)8)13-19(17)18(16)12-20(14)22(3,4)5;1-2-4-5-3-1;;;/h1-20,26-27H;9-13H,1-8H3;1-3H,4H2;2*1H;/q;;;;;+2/p-2. The second-order valence-corrected chi connectivity index (χ2v) is 24.6. The van der Waals surface area contributed by atoms with Gasteiger partial charge < -0.3 is 24.8 Å². The molecule has 0 heterocycles. The maximum absolute atomic E-state index is 3.10. The average Bonchev–Trinajstić information content (AvgIpc) is 3.82. The van der Waals surface area contributed by atoms with E-state index in [1.54, 1.807) is 17.6 Å². The van der Waals surface area contributed by atoms with Crippen LogP contribution in [0.1, 0.15) is 119 Å². The van der Waals surface area contributed by atoms with Crippen molar-refractivity contribution in [2.45, 2.75) is 88.1 Å². The van der Waals surface area contributed by atoms with E-state index in [2.05, 4.69) is 219 Å². The van der Waals surface area contributed by atoms with Gasteiger partial charge in [0.1, 0.15) is 0 Å². The molecular weight excluding hydrogens is 823 g/mol. The van der Waals surface area contributed by atoms with Crippen molar-refractivity contribution in [1.29, 1.82) is 0 Å². The van der Waals surface area contributed by atoms with E-state index in [0.29, 0.717) is 3.63 Å². The summed E-state index contributed by atoms with van der Waals surface area (Å²) in [5, 5.41) is 0. The monoisotopic (exact) mass is 876 g/mol. The molecule has 0 radical (unpaired) electrons. The molecule has 2 aliphatic carbocycles. The molecule has 2 aliphatic rings. The van der Waals surface area contributed by atoms with Gasteiger partial charge in [-0.1, -0.05) is 0 Å². The van der Waals surface area contributed by atoms with Crippen molar-refractivity contribution >= 4 is 3.21 Å². The Labute approximate surface area is 368 Å². The summed E-state index contributed by atoms with van der Waals surface area (Å²) < 4.78 is 3.75. The Bertz CT molecular complexity index is 2230. The van der Waals surface area contributed by atoms with Crippen LogP contribution in [0.5, 0.6) is 0 Å². The van der Waals surface area contributed by atoms with Gasteiger partial charge in [-0.2, -0.15) is 0 Å². The van der Waals surface area contributed by atoms with Crippen molar-refractivity contribution in [2.75, 3.05) is 0 Å².